The highest BCUT2D eigenvalue weighted by Crippen LogP contribution is 2.17. The van der Waals surface area contributed by atoms with Crippen molar-refractivity contribution in [2.45, 2.75) is 6.18 Å². The van der Waals surface area contributed by atoms with Gasteiger partial charge in [-0.1, -0.05) is 18.2 Å². The number of rotatable bonds is 2. The maximum atomic E-state index is 12.5. The van der Waals surface area contributed by atoms with E-state index in [4.69, 9.17) is 5.11 Å². The molecule has 0 unspecified atom stereocenters. The van der Waals surface area contributed by atoms with Crippen molar-refractivity contribution < 1.29 is 32.2 Å². The topological polar surface area (TPSA) is 57.8 Å². The van der Waals surface area contributed by atoms with Gasteiger partial charge in [0.25, 0.3) is 0 Å². The molecule has 19 heavy (non-hydrogen) atoms. The molecule has 4 nitrogen and oxygen atoms in total. The Kier molecular flexibility index (Phi) is 4.68. The molecule has 0 bridgehead atoms. The number of esters is 1. The van der Waals surface area contributed by atoms with Crippen molar-refractivity contribution in [1.29, 1.82) is 0 Å². The van der Waals surface area contributed by atoms with Crippen LogP contribution in [0.2, 0.25) is 0 Å². The van der Waals surface area contributed by atoms with Crippen LogP contribution in [0, 0.1) is 0 Å². The number of ether oxygens (including phenoxy) is 1. The molecular weight excluding hydrogens is 265 g/mol. The summed E-state index contributed by atoms with van der Waals surface area (Å²) in [5.74, 6) is -3.42. The summed E-state index contributed by atoms with van der Waals surface area (Å²) in [6, 6.07) is 5.98. The van der Waals surface area contributed by atoms with E-state index in [0.717, 1.165) is 7.11 Å². The van der Waals surface area contributed by atoms with E-state index in [0.29, 0.717) is 12.5 Å². The highest BCUT2D eigenvalue weighted by molar-refractivity contribution is 6.36. The maximum absolute atomic E-state index is 12.5. The van der Waals surface area contributed by atoms with Gasteiger partial charge in [0, 0.05) is 5.22 Å². The van der Waals surface area contributed by atoms with Crippen LogP contribution in [0.3, 0.4) is 0 Å². The second kappa shape index (κ2) is 6.03. The number of carbonyl (C=O) groups is 1. The van der Waals surface area contributed by atoms with Gasteiger partial charge in [-0.3, -0.25) is 0 Å². The largest absolute Gasteiger partial charge is 0.518 e. The van der Waals surface area contributed by atoms with Crippen molar-refractivity contribution in [3.8, 4) is 0 Å². The molecule has 0 amide bonds. The second-order valence-corrected chi connectivity index (χ2v) is 3.31. The van der Waals surface area contributed by atoms with E-state index in [1.54, 1.807) is 6.07 Å². The number of hydrogen-bond donors (Lipinski definition) is 1. The number of alkyl halides is 3. The fraction of sp³-hybridized carbons (Fsp3) is 0.167. The number of carbonyl (C=O) groups excluding carboxylic acids is 2. The number of methoxy groups -OCH3 is 1. The third-order valence-electron chi connectivity index (χ3n) is 2.07. The number of halogens is 3. The standard InChI is InChI=1S/C12H9F3O4/c1-18-11(17)10(12(13,14)15)19-7-9-5-3-2-4-8(9)6-16/h2-7H,1H3/p+1. The second-order valence-electron chi connectivity index (χ2n) is 3.31. The van der Waals surface area contributed by atoms with E-state index in [-0.39, 0.29) is 10.4 Å². The van der Waals surface area contributed by atoms with E-state index in [1.807, 2.05) is 0 Å². The number of ketones is 1. The van der Waals surface area contributed by atoms with Crippen LogP contribution in [0.1, 0.15) is 0 Å². The molecule has 1 rings (SSSR count). The van der Waals surface area contributed by atoms with Crippen LogP contribution in [0.25, 0.3) is 12.5 Å². The maximum Gasteiger partial charge on any atom is 0.518 e. The predicted molar refractivity (Wildman–Crippen MR) is 60.3 cm³/mol. The Morgan fingerprint density at radius 3 is 2.37 bits per heavy atom. The van der Waals surface area contributed by atoms with Crippen LogP contribution < -0.4 is 10.4 Å². The minimum absolute atomic E-state index is 0.177. The summed E-state index contributed by atoms with van der Waals surface area (Å²) in [5.41, 5.74) is 0. The quantitative estimate of drug-likeness (QED) is 0.487. The highest BCUT2D eigenvalue weighted by atomic mass is 19.4. The van der Waals surface area contributed by atoms with E-state index in [1.165, 1.54) is 18.2 Å². The van der Waals surface area contributed by atoms with Crippen LogP contribution >= 0.6 is 0 Å². The van der Waals surface area contributed by atoms with Gasteiger partial charge in [0.15, 0.2) is 0 Å². The average Bonchev–Trinajstić information content (AvgIpc) is 2.37. The van der Waals surface area contributed by atoms with E-state index in [9.17, 15) is 18.0 Å². The van der Waals surface area contributed by atoms with Gasteiger partial charge in [0.1, 0.15) is 0 Å². The normalized spacial score (nSPS) is 14.6. The van der Waals surface area contributed by atoms with Gasteiger partial charge in [0.2, 0.25) is 0 Å². The molecule has 0 fully saturated rings. The molecule has 0 aliphatic rings. The van der Waals surface area contributed by atoms with Gasteiger partial charge in [-0.2, -0.15) is 13.2 Å². The summed E-state index contributed by atoms with van der Waals surface area (Å²) in [7, 11) is 0.812. The zero-order valence-electron chi connectivity index (χ0n) is 9.77. The smallest absolute Gasteiger partial charge is 0.515 e. The minimum Gasteiger partial charge on any atom is -0.515 e. The van der Waals surface area contributed by atoms with Crippen LogP contribution in [0.4, 0.5) is 13.2 Å². The molecule has 0 heterocycles. The molecule has 0 atom stereocenters. The average molecular weight is 275 g/mol. The molecule has 1 N–H and O–H groups in total. The lowest BCUT2D eigenvalue weighted by molar-refractivity contribution is -0.347. The number of hydrogen-bond acceptors (Lipinski definition) is 3. The number of aliphatic hydroxyl groups excluding tert-OH is 1. The van der Waals surface area contributed by atoms with Crippen molar-refractivity contribution in [2.24, 2.45) is 0 Å². The van der Waals surface area contributed by atoms with Crippen LogP contribution in [0.15, 0.2) is 24.3 Å². The zero-order chi connectivity index (χ0) is 14.5. The molecule has 0 saturated heterocycles. The summed E-state index contributed by atoms with van der Waals surface area (Å²) >= 11 is 0. The van der Waals surface area contributed by atoms with Crippen molar-refractivity contribution in [2.75, 3.05) is 7.11 Å². The lowest BCUT2D eigenvalue weighted by atomic mass is 10.2. The van der Waals surface area contributed by atoms with E-state index < -0.39 is 17.9 Å². The van der Waals surface area contributed by atoms with Crippen molar-refractivity contribution in [3.63, 3.8) is 0 Å². The summed E-state index contributed by atoms with van der Waals surface area (Å²) in [4.78, 5) is 11.0. The summed E-state index contributed by atoms with van der Waals surface area (Å²) in [6.07, 6.45) is -3.55. The highest BCUT2D eigenvalue weighted by Gasteiger charge is 2.53. The van der Waals surface area contributed by atoms with Crippen LogP contribution in [-0.4, -0.2) is 30.1 Å². The first-order chi connectivity index (χ1) is 8.90. The molecule has 0 radical (unpaired) electrons. The molecule has 1 aromatic carbocycles. The van der Waals surface area contributed by atoms with Gasteiger partial charge in [0.05, 0.1) is 18.6 Å². The predicted octanol–water partition coefficient (Wildman–Crippen LogP) is 0.561. The molecule has 1 aromatic rings. The van der Waals surface area contributed by atoms with E-state index >= 15 is 0 Å². The third-order valence-corrected chi connectivity index (χ3v) is 2.07. The third kappa shape index (κ3) is 3.84. The molecule has 0 spiro atoms. The fourth-order valence-electron chi connectivity index (χ4n) is 1.18. The van der Waals surface area contributed by atoms with Gasteiger partial charge in [-0.15, -0.1) is 0 Å². The summed E-state index contributed by atoms with van der Waals surface area (Å²) in [6.45, 7) is 0. The Labute approximate surface area is 105 Å². The monoisotopic (exact) mass is 275 g/mol. The molecule has 0 aliphatic carbocycles. The number of aliphatic hydroxyl groups is 1. The minimum atomic E-state index is -4.97. The Bertz CT molecular complexity index is 602. The van der Waals surface area contributed by atoms with Crippen molar-refractivity contribution in [1.82, 2.24) is 0 Å². The number of benzene rings is 1. The van der Waals surface area contributed by atoms with Crippen molar-refractivity contribution >= 4 is 24.3 Å². The van der Waals surface area contributed by atoms with Crippen LogP contribution in [-0.2, 0) is 14.0 Å². The molecule has 7 heteroatoms. The van der Waals surface area contributed by atoms with Gasteiger partial charge in [-0.05, 0) is 6.07 Å². The fourth-order valence-corrected chi connectivity index (χ4v) is 1.18. The van der Waals surface area contributed by atoms with Crippen LogP contribution in [0.5, 0.6) is 0 Å². The Morgan fingerprint density at radius 1 is 1.32 bits per heavy atom. The first kappa shape index (κ1) is 14.7. The lowest BCUT2D eigenvalue weighted by Gasteiger charge is -1.97. The van der Waals surface area contributed by atoms with Gasteiger partial charge >= 0.3 is 24.2 Å². The summed E-state index contributed by atoms with van der Waals surface area (Å²) in [5, 5.41) is 9.30. The SMILES string of the molecule is COC(=O)C(=[O+]/C=c1/cccc/c1=C/O)C(F)(F)F. The van der Waals surface area contributed by atoms with Gasteiger partial charge in [-0.25, -0.2) is 9.22 Å². The van der Waals surface area contributed by atoms with Crippen molar-refractivity contribution in [3.05, 3.63) is 34.7 Å². The molecule has 0 aromatic heterocycles. The zero-order valence-corrected chi connectivity index (χ0v) is 9.77. The molecule has 0 aliphatic heterocycles. The molecular formula is C12H10F3O4+. The van der Waals surface area contributed by atoms with E-state index in [2.05, 4.69) is 9.16 Å². The Balaban J connectivity index is 3.37. The Morgan fingerprint density at radius 2 is 1.89 bits per heavy atom. The molecule has 0 saturated carbocycles. The van der Waals surface area contributed by atoms with Gasteiger partial charge < -0.3 is 9.84 Å². The molecule has 102 valence electrons. The first-order valence-electron chi connectivity index (χ1n) is 4.99. The summed E-state index contributed by atoms with van der Waals surface area (Å²) < 4.78 is 45.8. The lowest BCUT2D eigenvalue weighted by Crippen LogP contribution is -2.34. The Hall–Kier alpha value is -2.31. The first-order valence-corrected chi connectivity index (χ1v) is 4.99.